The summed E-state index contributed by atoms with van der Waals surface area (Å²) in [7, 11) is 0. The molecule has 0 fully saturated rings. The van der Waals surface area contributed by atoms with Crippen molar-refractivity contribution in [2.45, 2.75) is 98.8 Å². The number of anilines is 1. The molecule has 0 N–H and O–H groups in total. The Bertz CT molecular complexity index is 1410. The van der Waals surface area contributed by atoms with E-state index in [0.29, 0.717) is 40.6 Å². The average Bonchev–Trinajstić information content (AvgIpc) is 3.53. The highest BCUT2D eigenvalue weighted by atomic mass is 32.1. The molecule has 1 heterocycles. The predicted octanol–water partition coefficient (Wildman–Crippen LogP) is 12.8. The number of nitriles is 1. The van der Waals surface area contributed by atoms with Gasteiger partial charge in [-0.1, -0.05) is 109 Å². The van der Waals surface area contributed by atoms with Crippen LogP contribution < -0.4 is 4.90 Å². The lowest BCUT2D eigenvalue weighted by molar-refractivity contribution is 0.0894. The molecular weight excluding hydrogens is 629 g/mol. The molecule has 0 aliphatic rings. The van der Waals surface area contributed by atoms with E-state index in [0.717, 1.165) is 61.8 Å². The zero-order valence-corrected chi connectivity index (χ0v) is 31.4. The first-order valence-corrected chi connectivity index (χ1v) is 19.3. The second kappa shape index (κ2) is 23.8. The Morgan fingerprint density at radius 3 is 1.94 bits per heavy atom. The van der Waals surface area contributed by atoms with E-state index in [9.17, 15) is 5.26 Å². The summed E-state index contributed by atoms with van der Waals surface area (Å²) in [6, 6.07) is 19.7. The molecule has 0 saturated carbocycles. The second-order valence-corrected chi connectivity index (χ2v) is 13.8. The van der Waals surface area contributed by atoms with Crippen LogP contribution in [0.4, 0.5) is 27.1 Å². The first-order chi connectivity index (χ1) is 24.0. The minimum atomic E-state index is 0.433. The van der Waals surface area contributed by atoms with Crippen LogP contribution in [0.25, 0.3) is 0 Å². The molecule has 2 aromatic carbocycles. The van der Waals surface area contributed by atoms with Gasteiger partial charge in [0.15, 0.2) is 5.00 Å². The highest BCUT2D eigenvalue weighted by Gasteiger charge is 2.13. The summed E-state index contributed by atoms with van der Waals surface area (Å²) in [6.07, 6.45) is 12.5. The van der Waals surface area contributed by atoms with Gasteiger partial charge in [0, 0.05) is 32.0 Å². The molecule has 3 aromatic rings. The summed E-state index contributed by atoms with van der Waals surface area (Å²) in [6.45, 7) is 15.7. The Hall–Kier alpha value is -3.45. The Balaban J connectivity index is 1.66. The molecular formula is C40H58N6O2S. The highest BCUT2D eigenvalue weighted by Crippen LogP contribution is 2.38. The van der Waals surface area contributed by atoms with E-state index in [4.69, 9.17) is 9.47 Å². The summed E-state index contributed by atoms with van der Waals surface area (Å²) in [5.74, 6) is 1.25. The van der Waals surface area contributed by atoms with Crippen LogP contribution in [0, 0.1) is 30.1 Å². The maximum absolute atomic E-state index is 9.69. The Morgan fingerprint density at radius 1 is 0.755 bits per heavy atom. The minimum Gasteiger partial charge on any atom is -0.379 e. The zero-order valence-electron chi connectivity index (χ0n) is 30.6. The fourth-order valence-electron chi connectivity index (χ4n) is 5.62. The molecule has 8 nitrogen and oxygen atoms in total. The van der Waals surface area contributed by atoms with Crippen LogP contribution in [0.1, 0.15) is 103 Å². The van der Waals surface area contributed by atoms with Crippen LogP contribution in [-0.4, -0.2) is 39.5 Å². The van der Waals surface area contributed by atoms with Gasteiger partial charge in [0.05, 0.1) is 30.2 Å². The van der Waals surface area contributed by atoms with Gasteiger partial charge >= 0.3 is 0 Å². The number of azo groups is 2. The lowest BCUT2D eigenvalue weighted by atomic mass is 10.00. The largest absolute Gasteiger partial charge is 0.379 e. The van der Waals surface area contributed by atoms with Gasteiger partial charge in [-0.15, -0.1) is 20.5 Å². The van der Waals surface area contributed by atoms with Crippen molar-refractivity contribution in [1.29, 1.82) is 5.26 Å². The molecule has 9 heteroatoms. The lowest BCUT2D eigenvalue weighted by Crippen LogP contribution is -2.32. The lowest BCUT2D eigenvalue weighted by Gasteiger charge is -2.26. The molecule has 0 bridgehead atoms. The van der Waals surface area contributed by atoms with Crippen molar-refractivity contribution in [3.05, 3.63) is 65.7 Å². The van der Waals surface area contributed by atoms with Crippen LogP contribution in [0.5, 0.6) is 0 Å². The fourth-order valence-corrected chi connectivity index (χ4v) is 6.37. The van der Waals surface area contributed by atoms with Gasteiger partial charge in [-0.05, 0) is 73.6 Å². The van der Waals surface area contributed by atoms with E-state index in [2.05, 4.69) is 71.3 Å². The third kappa shape index (κ3) is 14.9. The maximum atomic E-state index is 9.69. The van der Waals surface area contributed by atoms with Gasteiger partial charge in [0.2, 0.25) is 0 Å². The first-order valence-electron chi connectivity index (χ1n) is 18.4. The molecule has 2 atom stereocenters. The van der Waals surface area contributed by atoms with Gasteiger partial charge in [-0.2, -0.15) is 5.26 Å². The number of benzene rings is 2. The summed E-state index contributed by atoms with van der Waals surface area (Å²) in [4.78, 5) is 2.36. The highest BCUT2D eigenvalue weighted by molar-refractivity contribution is 7.19. The number of ether oxygens (including phenoxy) is 2. The summed E-state index contributed by atoms with van der Waals surface area (Å²) < 4.78 is 12.5. The number of nitrogens with zero attached hydrogens (tertiary/aromatic N) is 6. The predicted molar refractivity (Wildman–Crippen MR) is 205 cm³/mol. The average molecular weight is 687 g/mol. The van der Waals surface area contributed by atoms with E-state index in [1.807, 2.05) is 43.3 Å². The van der Waals surface area contributed by atoms with Crippen molar-refractivity contribution in [3.8, 4) is 6.07 Å². The van der Waals surface area contributed by atoms with Crippen molar-refractivity contribution < 1.29 is 9.47 Å². The topological polar surface area (TPSA) is 94.9 Å². The van der Waals surface area contributed by atoms with Crippen molar-refractivity contribution in [2.24, 2.45) is 32.3 Å². The SMILES string of the molecule is CCCCCC(CC)COCCN(CCOCC(CC)CCCCC)c1ccc(N=Nc2sc(N=Nc3ccccc3)cc2C#N)c(C)c1. The maximum Gasteiger partial charge on any atom is 0.158 e. The zero-order chi connectivity index (χ0) is 35.1. The van der Waals surface area contributed by atoms with Gasteiger partial charge in [0.25, 0.3) is 0 Å². The quantitative estimate of drug-likeness (QED) is 0.0654. The standard InChI is InChI=1S/C40H58N6O2S/c1-6-10-13-17-33(8-3)30-47-25-23-46(24-26-48-31-34(9-4)18-14-11-7-2)37-21-22-38(32(5)27-37)43-45-40-35(29-41)28-39(49-40)44-42-36-19-15-12-16-20-36/h12,15-16,19-22,27-28,33-34H,6-11,13-14,17-18,23-26,30-31H2,1-5H3. The van der Waals surface area contributed by atoms with Crippen LogP contribution >= 0.6 is 11.3 Å². The summed E-state index contributed by atoms with van der Waals surface area (Å²) >= 11 is 1.30. The molecule has 0 saturated heterocycles. The number of hydrogen-bond donors (Lipinski definition) is 0. The normalized spacial score (nSPS) is 12.9. The summed E-state index contributed by atoms with van der Waals surface area (Å²) in [5, 5.41) is 28.4. The van der Waals surface area contributed by atoms with E-state index >= 15 is 0 Å². The Labute approximate surface area is 299 Å². The van der Waals surface area contributed by atoms with E-state index in [1.54, 1.807) is 6.07 Å². The van der Waals surface area contributed by atoms with E-state index in [-0.39, 0.29) is 0 Å². The molecule has 49 heavy (non-hydrogen) atoms. The van der Waals surface area contributed by atoms with Gasteiger partial charge in [-0.25, -0.2) is 0 Å². The third-order valence-electron chi connectivity index (χ3n) is 8.94. The molecule has 0 radical (unpaired) electrons. The molecule has 3 rings (SSSR count). The number of thiophene rings is 1. The van der Waals surface area contributed by atoms with E-state index in [1.165, 1.54) is 62.7 Å². The Morgan fingerprint density at radius 2 is 1.39 bits per heavy atom. The smallest absolute Gasteiger partial charge is 0.158 e. The number of aryl methyl sites for hydroxylation is 1. The van der Waals surface area contributed by atoms with Crippen LogP contribution in [0.2, 0.25) is 0 Å². The van der Waals surface area contributed by atoms with Crippen molar-refractivity contribution in [3.63, 3.8) is 0 Å². The van der Waals surface area contributed by atoms with Crippen LogP contribution in [-0.2, 0) is 9.47 Å². The van der Waals surface area contributed by atoms with Crippen LogP contribution in [0.15, 0.2) is 75.1 Å². The molecule has 0 aliphatic heterocycles. The molecule has 266 valence electrons. The number of hydrogen-bond acceptors (Lipinski definition) is 9. The van der Waals surface area contributed by atoms with Gasteiger partial charge in [0.1, 0.15) is 11.1 Å². The van der Waals surface area contributed by atoms with E-state index < -0.39 is 0 Å². The molecule has 0 spiro atoms. The second-order valence-electron chi connectivity index (χ2n) is 12.8. The van der Waals surface area contributed by atoms with Crippen LogP contribution in [0.3, 0.4) is 0 Å². The monoisotopic (exact) mass is 686 g/mol. The van der Waals surface area contributed by atoms with Crippen molar-refractivity contribution >= 4 is 38.4 Å². The molecule has 1 aromatic heterocycles. The summed E-state index contributed by atoms with van der Waals surface area (Å²) in [5.41, 5.74) is 4.07. The Kier molecular flexibility index (Phi) is 19.4. The molecule has 2 unspecified atom stereocenters. The number of unbranched alkanes of at least 4 members (excludes halogenated alkanes) is 4. The first kappa shape index (κ1) is 40.0. The van der Waals surface area contributed by atoms with Gasteiger partial charge < -0.3 is 14.4 Å². The molecule has 0 aliphatic carbocycles. The molecule has 0 amide bonds. The van der Waals surface area contributed by atoms with Crippen molar-refractivity contribution in [2.75, 3.05) is 44.4 Å². The fraction of sp³-hybridized carbons (Fsp3) is 0.575. The number of rotatable bonds is 25. The minimum absolute atomic E-state index is 0.433. The van der Waals surface area contributed by atoms with Crippen molar-refractivity contribution in [1.82, 2.24) is 0 Å². The van der Waals surface area contributed by atoms with Gasteiger partial charge in [-0.3, -0.25) is 0 Å². The third-order valence-corrected chi connectivity index (χ3v) is 9.84.